The first-order chi connectivity index (χ1) is 31.7. The molecule has 0 radical (unpaired) electrons. The Morgan fingerprint density at radius 2 is 0.500 bits per heavy atom. The van der Waals surface area contributed by atoms with Crippen molar-refractivity contribution in [2.75, 3.05) is 9.80 Å². The van der Waals surface area contributed by atoms with E-state index in [1.54, 1.807) is 0 Å². The number of rotatable bonds is 8. The molecule has 0 unspecified atom stereocenters. The van der Waals surface area contributed by atoms with Gasteiger partial charge in [-0.15, -0.1) is 0 Å². The van der Waals surface area contributed by atoms with E-state index in [1.165, 1.54) is 155 Å². The molecule has 0 fully saturated rings. The fraction of sp³-hybridized carbons (Fsp3) is 0.188. The van der Waals surface area contributed by atoms with Crippen LogP contribution in [-0.4, -0.2) is 0 Å². The van der Waals surface area contributed by atoms with Crippen LogP contribution < -0.4 is 9.80 Å². The first-order valence-corrected chi connectivity index (χ1v) is 23.5. The molecule has 2 nitrogen and oxygen atoms in total. The van der Waals surface area contributed by atoms with Gasteiger partial charge in [-0.3, -0.25) is 0 Å². The Hall–Kier alpha value is -7.16. The molecule has 0 amide bonds. The molecular formula is C64H60N2. The first kappa shape index (κ1) is 42.8. The first-order valence-electron chi connectivity index (χ1n) is 23.5. The van der Waals surface area contributed by atoms with E-state index >= 15 is 0 Å². The third-order valence-corrected chi connectivity index (χ3v) is 15.2. The third kappa shape index (κ3) is 7.02. The Balaban J connectivity index is 1.41. The van der Waals surface area contributed by atoms with Crippen molar-refractivity contribution >= 4 is 66.4 Å². The van der Waals surface area contributed by atoms with E-state index in [4.69, 9.17) is 0 Å². The van der Waals surface area contributed by atoms with Gasteiger partial charge in [0.1, 0.15) is 0 Å². The molecule has 0 heterocycles. The summed E-state index contributed by atoms with van der Waals surface area (Å²) in [4.78, 5) is 5.08. The molecular weight excluding hydrogens is 797 g/mol. The highest BCUT2D eigenvalue weighted by Gasteiger charge is 2.27. The van der Waals surface area contributed by atoms with Crippen LogP contribution in [0.25, 0.3) is 54.6 Å². The maximum absolute atomic E-state index is 2.54. The number of nitrogens with zero attached hydrogens (tertiary/aromatic N) is 2. The van der Waals surface area contributed by atoms with Crippen molar-refractivity contribution in [2.24, 2.45) is 0 Å². The van der Waals surface area contributed by atoms with Crippen LogP contribution in [0.3, 0.4) is 0 Å². The fourth-order valence-corrected chi connectivity index (χ4v) is 10.5. The molecule has 0 aliphatic rings. The maximum atomic E-state index is 2.54. The minimum Gasteiger partial charge on any atom is -0.310 e. The van der Waals surface area contributed by atoms with Crippen molar-refractivity contribution in [2.45, 2.75) is 83.1 Å². The summed E-state index contributed by atoms with van der Waals surface area (Å²) in [6.45, 7) is 27.0. The summed E-state index contributed by atoms with van der Waals surface area (Å²) in [5, 5.41) is 7.50. The van der Waals surface area contributed by atoms with Gasteiger partial charge in [0, 0.05) is 44.3 Å². The van der Waals surface area contributed by atoms with Crippen molar-refractivity contribution in [1.29, 1.82) is 0 Å². The SMILES string of the molecule is Cc1cc(N(c2cc(C)c(C)c(C)c2)c2cc(-c3ccccc3)c3ccc4c(N(c5cc(C)c(C)c(C)c5)c5cc(C)c(C)c(C)c5)cc(-c5ccccc5)c5ccc2c3c54)cc(C)c1C. The van der Waals surface area contributed by atoms with Crippen LogP contribution in [0, 0.1) is 83.1 Å². The zero-order chi connectivity index (χ0) is 46.3. The average Bonchev–Trinajstić information content (AvgIpc) is 3.31. The molecule has 2 heteroatoms. The predicted octanol–water partition coefficient (Wildman–Crippen LogP) is 18.6. The van der Waals surface area contributed by atoms with Crippen LogP contribution in [0.5, 0.6) is 0 Å². The summed E-state index contributed by atoms with van der Waals surface area (Å²) in [6.07, 6.45) is 0. The Morgan fingerprint density at radius 3 is 0.758 bits per heavy atom. The third-order valence-electron chi connectivity index (χ3n) is 15.2. The monoisotopic (exact) mass is 856 g/mol. The lowest BCUT2D eigenvalue weighted by Crippen LogP contribution is -2.14. The molecule has 0 spiro atoms. The zero-order valence-electron chi connectivity index (χ0n) is 40.8. The van der Waals surface area contributed by atoms with E-state index in [0.717, 1.165) is 0 Å². The van der Waals surface area contributed by atoms with Gasteiger partial charge in [0.05, 0.1) is 11.4 Å². The van der Waals surface area contributed by atoms with Gasteiger partial charge in [0.25, 0.3) is 0 Å². The largest absolute Gasteiger partial charge is 0.310 e. The second-order valence-electron chi connectivity index (χ2n) is 19.2. The van der Waals surface area contributed by atoms with Gasteiger partial charge in [-0.05, 0) is 244 Å². The van der Waals surface area contributed by atoms with Gasteiger partial charge in [0.2, 0.25) is 0 Å². The minimum absolute atomic E-state index is 1.17. The molecule has 0 atom stereocenters. The highest BCUT2D eigenvalue weighted by atomic mass is 15.2. The van der Waals surface area contributed by atoms with E-state index in [-0.39, 0.29) is 0 Å². The standard InChI is InChI=1S/C64H60N2/c1-37-27-51(28-38(2)45(37)9)65(52-29-39(3)46(10)40(4)30-52)61-35-59(49-19-15-13-16-20-49)55-24-26-58-62(36-60(50-21-17-14-18-22-50)56-23-25-57(61)63(55)64(56)58)66(53-31-41(5)47(11)42(6)32-53)54-33-43(7)48(12)44(8)34-54/h13-36H,1-12H3. The molecule has 0 aliphatic heterocycles. The van der Waals surface area contributed by atoms with Crippen molar-refractivity contribution in [3.8, 4) is 22.3 Å². The molecule has 0 bridgehead atoms. The number of benzene rings is 10. The molecule has 0 saturated carbocycles. The van der Waals surface area contributed by atoms with Crippen LogP contribution in [0.4, 0.5) is 34.1 Å². The molecule has 0 aliphatic carbocycles. The normalized spacial score (nSPS) is 11.6. The molecule has 66 heavy (non-hydrogen) atoms. The maximum Gasteiger partial charge on any atom is 0.0546 e. The Morgan fingerprint density at radius 1 is 0.258 bits per heavy atom. The zero-order valence-corrected chi connectivity index (χ0v) is 40.8. The Kier molecular flexibility index (Phi) is 10.6. The van der Waals surface area contributed by atoms with Gasteiger partial charge in [-0.1, -0.05) is 84.9 Å². The van der Waals surface area contributed by atoms with E-state index in [2.05, 4.69) is 238 Å². The predicted molar refractivity (Wildman–Crippen MR) is 287 cm³/mol. The van der Waals surface area contributed by atoms with Crippen LogP contribution in [0.1, 0.15) is 66.8 Å². The highest BCUT2D eigenvalue weighted by Crippen LogP contribution is 2.53. The summed E-state index contributed by atoms with van der Waals surface area (Å²) < 4.78 is 0. The summed E-state index contributed by atoms with van der Waals surface area (Å²) >= 11 is 0. The van der Waals surface area contributed by atoms with Gasteiger partial charge < -0.3 is 9.80 Å². The van der Waals surface area contributed by atoms with Crippen molar-refractivity contribution < 1.29 is 0 Å². The second-order valence-corrected chi connectivity index (χ2v) is 19.2. The Bertz CT molecular complexity index is 3090. The topological polar surface area (TPSA) is 6.48 Å². The van der Waals surface area contributed by atoms with E-state index in [1.807, 2.05) is 0 Å². The van der Waals surface area contributed by atoms with Gasteiger partial charge >= 0.3 is 0 Å². The van der Waals surface area contributed by atoms with Crippen LogP contribution >= 0.6 is 0 Å². The molecule has 326 valence electrons. The quantitative estimate of drug-likeness (QED) is 0.141. The van der Waals surface area contributed by atoms with Crippen molar-refractivity contribution in [3.05, 3.63) is 212 Å². The van der Waals surface area contributed by atoms with E-state index in [9.17, 15) is 0 Å². The number of aryl methyl sites for hydroxylation is 8. The minimum atomic E-state index is 1.17. The summed E-state index contributed by atoms with van der Waals surface area (Å²) in [5.41, 5.74) is 27.5. The van der Waals surface area contributed by atoms with Crippen molar-refractivity contribution in [1.82, 2.24) is 0 Å². The van der Waals surface area contributed by atoms with E-state index < -0.39 is 0 Å². The summed E-state index contributed by atoms with van der Waals surface area (Å²) in [5.74, 6) is 0. The van der Waals surface area contributed by atoms with Crippen LogP contribution in [0.2, 0.25) is 0 Å². The molecule has 0 aromatic heterocycles. The lowest BCUT2D eigenvalue weighted by Gasteiger charge is -2.32. The number of anilines is 6. The lowest BCUT2D eigenvalue weighted by molar-refractivity contribution is 1.19. The van der Waals surface area contributed by atoms with Crippen LogP contribution in [-0.2, 0) is 0 Å². The number of hydrogen-bond donors (Lipinski definition) is 0. The van der Waals surface area contributed by atoms with E-state index in [0.29, 0.717) is 0 Å². The smallest absolute Gasteiger partial charge is 0.0546 e. The average molecular weight is 857 g/mol. The summed E-state index contributed by atoms with van der Waals surface area (Å²) in [6, 6.07) is 55.6. The summed E-state index contributed by atoms with van der Waals surface area (Å²) in [7, 11) is 0. The van der Waals surface area contributed by atoms with Crippen molar-refractivity contribution in [3.63, 3.8) is 0 Å². The van der Waals surface area contributed by atoms with Gasteiger partial charge in [0.15, 0.2) is 0 Å². The molecule has 10 rings (SSSR count). The molecule has 10 aromatic rings. The highest BCUT2D eigenvalue weighted by molar-refractivity contribution is 6.32. The van der Waals surface area contributed by atoms with Crippen LogP contribution in [0.15, 0.2) is 146 Å². The molecule has 0 saturated heterocycles. The van der Waals surface area contributed by atoms with Gasteiger partial charge in [-0.2, -0.15) is 0 Å². The van der Waals surface area contributed by atoms with Gasteiger partial charge in [-0.25, -0.2) is 0 Å². The fourth-order valence-electron chi connectivity index (χ4n) is 10.5. The lowest BCUT2D eigenvalue weighted by atomic mass is 9.85. The molecule has 0 N–H and O–H groups in total. The second kappa shape index (κ2) is 16.4. The number of hydrogen-bond acceptors (Lipinski definition) is 2. The Labute approximate surface area is 392 Å². The molecule has 10 aromatic carbocycles.